The summed E-state index contributed by atoms with van der Waals surface area (Å²) in [6.45, 7) is 1.26. The molecule has 1 saturated heterocycles. The average molecular weight is 251 g/mol. The highest BCUT2D eigenvalue weighted by atomic mass is 32.2. The quantitative estimate of drug-likeness (QED) is 0.540. The lowest BCUT2D eigenvalue weighted by Crippen LogP contribution is -2.36. The van der Waals surface area contributed by atoms with Gasteiger partial charge in [-0.2, -0.15) is 8.42 Å². The Morgan fingerprint density at radius 1 is 1.19 bits per heavy atom. The van der Waals surface area contributed by atoms with Crippen molar-refractivity contribution in [3.63, 3.8) is 0 Å². The van der Waals surface area contributed by atoms with Crippen molar-refractivity contribution in [2.75, 3.05) is 32.6 Å². The molecule has 1 amide bonds. The van der Waals surface area contributed by atoms with Gasteiger partial charge in [0.15, 0.2) is 0 Å². The zero-order chi connectivity index (χ0) is 12.0. The van der Waals surface area contributed by atoms with Gasteiger partial charge in [-0.05, 0) is 19.3 Å². The van der Waals surface area contributed by atoms with Crippen molar-refractivity contribution < 1.29 is 22.1 Å². The van der Waals surface area contributed by atoms with E-state index in [-0.39, 0.29) is 13.2 Å². The van der Waals surface area contributed by atoms with E-state index < -0.39 is 16.2 Å². The summed E-state index contributed by atoms with van der Waals surface area (Å²) in [5, 5.41) is 0. The van der Waals surface area contributed by atoms with Crippen LogP contribution >= 0.6 is 0 Å². The van der Waals surface area contributed by atoms with Crippen molar-refractivity contribution in [1.29, 1.82) is 0 Å². The highest BCUT2D eigenvalue weighted by Crippen LogP contribution is 2.09. The molecule has 16 heavy (non-hydrogen) atoms. The van der Waals surface area contributed by atoms with Gasteiger partial charge < -0.3 is 9.64 Å². The van der Waals surface area contributed by atoms with Gasteiger partial charge in [0, 0.05) is 13.1 Å². The van der Waals surface area contributed by atoms with Gasteiger partial charge >= 0.3 is 6.09 Å². The number of nitrogens with zero attached hydrogens (tertiary/aromatic N) is 1. The van der Waals surface area contributed by atoms with Gasteiger partial charge in [0.2, 0.25) is 0 Å². The number of piperidine rings is 1. The van der Waals surface area contributed by atoms with Crippen LogP contribution < -0.4 is 0 Å². The van der Waals surface area contributed by atoms with E-state index in [0.29, 0.717) is 13.1 Å². The summed E-state index contributed by atoms with van der Waals surface area (Å²) in [7, 11) is -3.45. The molecular weight excluding hydrogens is 234 g/mol. The lowest BCUT2D eigenvalue weighted by Gasteiger charge is -2.25. The second kappa shape index (κ2) is 6.05. The first kappa shape index (κ1) is 13.2. The molecule has 0 unspecified atom stereocenters. The van der Waals surface area contributed by atoms with Crippen LogP contribution in [0.5, 0.6) is 0 Å². The fraction of sp³-hybridized carbons (Fsp3) is 0.889. The van der Waals surface area contributed by atoms with Gasteiger partial charge in [0.05, 0.1) is 6.26 Å². The lowest BCUT2D eigenvalue weighted by molar-refractivity contribution is 0.0832. The molecule has 0 radical (unpaired) electrons. The van der Waals surface area contributed by atoms with Crippen LogP contribution in [0, 0.1) is 0 Å². The molecular formula is C9H17NO5S. The van der Waals surface area contributed by atoms with Crippen molar-refractivity contribution in [3.05, 3.63) is 0 Å². The standard InChI is InChI=1S/C9H17NO5S/c1-16(12,13)15-8-7-14-9(11)10-5-3-2-4-6-10/h2-8H2,1H3. The molecule has 0 aromatic rings. The van der Waals surface area contributed by atoms with Crippen LogP contribution in [0.15, 0.2) is 0 Å². The Hall–Kier alpha value is -0.820. The number of amides is 1. The molecule has 1 fully saturated rings. The van der Waals surface area contributed by atoms with Crippen LogP contribution in [-0.2, 0) is 19.0 Å². The number of carbonyl (C=O) groups excluding carboxylic acids is 1. The summed E-state index contributed by atoms with van der Waals surface area (Å²) in [5.74, 6) is 0. The van der Waals surface area contributed by atoms with Gasteiger partial charge in [-0.15, -0.1) is 0 Å². The zero-order valence-corrected chi connectivity index (χ0v) is 10.2. The van der Waals surface area contributed by atoms with E-state index in [0.717, 1.165) is 25.5 Å². The second-order valence-electron chi connectivity index (χ2n) is 3.69. The Kier molecular flexibility index (Phi) is 5.01. The lowest BCUT2D eigenvalue weighted by atomic mass is 10.1. The average Bonchev–Trinajstić information content (AvgIpc) is 2.24. The number of hydrogen-bond acceptors (Lipinski definition) is 5. The zero-order valence-electron chi connectivity index (χ0n) is 9.35. The third-order valence-electron chi connectivity index (χ3n) is 2.22. The molecule has 1 rings (SSSR count). The number of carbonyl (C=O) groups is 1. The predicted octanol–water partition coefficient (Wildman–Crippen LogP) is 0.585. The van der Waals surface area contributed by atoms with Crippen molar-refractivity contribution in [2.24, 2.45) is 0 Å². The largest absolute Gasteiger partial charge is 0.447 e. The van der Waals surface area contributed by atoms with Crippen molar-refractivity contribution >= 4 is 16.2 Å². The molecule has 0 N–H and O–H groups in total. The van der Waals surface area contributed by atoms with E-state index in [1.54, 1.807) is 4.90 Å². The molecule has 1 aliphatic rings. The smallest absolute Gasteiger partial charge is 0.409 e. The Labute approximate surface area is 95.6 Å². The SMILES string of the molecule is CS(=O)(=O)OCCOC(=O)N1CCCCC1. The van der Waals surface area contributed by atoms with Gasteiger partial charge in [-0.1, -0.05) is 0 Å². The Bertz CT molecular complexity index is 321. The van der Waals surface area contributed by atoms with Crippen LogP contribution in [0.1, 0.15) is 19.3 Å². The van der Waals surface area contributed by atoms with Gasteiger partial charge in [0.1, 0.15) is 13.2 Å². The summed E-state index contributed by atoms with van der Waals surface area (Å²) < 4.78 is 30.5. The minimum atomic E-state index is -3.45. The summed E-state index contributed by atoms with van der Waals surface area (Å²) in [4.78, 5) is 13.1. The van der Waals surface area contributed by atoms with Crippen molar-refractivity contribution in [2.45, 2.75) is 19.3 Å². The summed E-state index contributed by atoms with van der Waals surface area (Å²) in [6, 6.07) is 0. The topological polar surface area (TPSA) is 72.9 Å². The number of rotatable bonds is 4. The molecule has 0 saturated carbocycles. The fourth-order valence-corrected chi connectivity index (χ4v) is 1.85. The molecule has 0 atom stereocenters. The van der Waals surface area contributed by atoms with Crippen molar-refractivity contribution in [3.8, 4) is 0 Å². The molecule has 7 heteroatoms. The molecule has 94 valence electrons. The van der Waals surface area contributed by atoms with Crippen molar-refractivity contribution in [1.82, 2.24) is 4.90 Å². The third kappa shape index (κ3) is 5.32. The molecule has 0 aliphatic carbocycles. The van der Waals surface area contributed by atoms with Gasteiger partial charge in [-0.25, -0.2) is 4.79 Å². The number of hydrogen-bond donors (Lipinski definition) is 0. The highest BCUT2D eigenvalue weighted by Gasteiger charge is 2.17. The summed E-state index contributed by atoms with van der Waals surface area (Å²) in [6.07, 6.45) is 3.70. The summed E-state index contributed by atoms with van der Waals surface area (Å²) >= 11 is 0. The molecule has 1 heterocycles. The van der Waals surface area contributed by atoms with E-state index in [1.807, 2.05) is 0 Å². The Morgan fingerprint density at radius 3 is 2.38 bits per heavy atom. The van der Waals surface area contributed by atoms with E-state index in [4.69, 9.17) is 4.74 Å². The minimum Gasteiger partial charge on any atom is -0.447 e. The van der Waals surface area contributed by atoms with E-state index in [9.17, 15) is 13.2 Å². The van der Waals surface area contributed by atoms with Gasteiger partial charge in [0.25, 0.3) is 10.1 Å². The first-order valence-corrected chi connectivity index (χ1v) is 7.07. The molecule has 0 spiro atoms. The monoisotopic (exact) mass is 251 g/mol. The van der Waals surface area contributed by atoms with E-state index >= 15 is 0 Å². The molecule has 0 aromatic carbocycles. The molecule has 1 aliphatic heterocycles. The third-order valence-corrected chi connectivity index (χ3v) is 2.82. The van der Waals surface area contributed by atoms with Crippen LogP contribution in [0.4, 0.5) is 4.79 Å². The fourth-order valence-electron chi connectivity index (χ4n) is 1.48. The number of likely N-dealkylation sites (tertiary alicyclic amines) is 1. The van der Waals surface area contributed by atoms with Gasteiger partial charge in [-0.3, -0.25) is 4.18 Å². The second-order valence-corrected chi connectivity index (χ2v) is 5.33. The number of ether oxygens (including phenoxy) is 1. The van der Waals surface area contributed by atoms with Crippen LogP contribution in [-0.4, -0.2) is 52.0 Å². The molecule has 6 nitrogen and oxygen atoms in total. The van der Waals surface area contributed by atoms with Crippen LogP contribution in [0.25, 0.3) is 0 Å². The Morgan fingerprint density at radius 2 is 1.81 bits per heavy atom. The Balaban J connectivity index is 2.14. The minimum absolute atomic E-state index is 0.0393. The summed E-state index contributed by atoms with van der Waals surface area (Å²) in [5.41, 5.74) is 0. The highest BCUT2D eigenvalue weighted by molar-refractivity contribution is 7.85. The first-order valence-electron chi connectivity index (χ1n) is 5.25. The first-order chi connectivity index (χ1) is 7.49. The molecule has 0 aromatic heterocycles. The van der Waals surface area contributed by atoms with E-state index in [2.05, 4.69) is 4.18 Å². The maximum Gasteiger partial charge on any atom is 0.409 e. The van der Waals surface area contributed by atoms with Crippen LogP contribution in [0.3, 0.4) is 0 Å². The van der Waals surface area contributed by atoms with E-state index in [1.165, 1.54) is 0 Å². The maximum absolute atomic E-state index is 11.4. The van der Waals surface area contributed by atoms with Crippen LogP contribution in [0.2, 0.25) is 0 Å². The predicted molar refractivity (Wildman–Crippen MR) is 57.6 cm³/mol. The maximum atomic E-state index is 11.4. The molecule has 0 bridgehead atoms. The normalized spacial score (nSPS) is 17.2.